The predicted molar refractivity (Wildman–Crippen MR) is 83.3 cm³/mol. The van der Waals surface area contributed by atoms with Crippen LogP contribution in [-0.2, 0) is 9.53 Å². The van der Waals surface area contributed by atoms with Gasteiger partial charge in [-0.15, -0.1) is 0 Å². The molecule has 1 aromatic carbocycles. The summed E-state index contributed by atoms with van der Waals surface area (Å²) < 4.78 is 31.9. The van der Waals surface area contributed by atoms with Crippen molar-refractivity contribution < 1.29 is 18.3 Å². The molecule has 2 fully saturated rings. The Morgan fingerprint density at radius 3 is 2.30 bits per heavy atom. The molecule has 1 saturated heterocycles. The first-order valence-corrected chi connectivity index (χ1v) is 8.08. The first kappa shape index (κ1) is 16.2. The van der Waals surface area contributed by atoms with Crippen molar-refractivity contribution in [1.29, 1.82) is 0 Å². The summed E-state index contributed by atoms with van der Waals surface area (Å²) in [5, 5.41) is 0. The molecular weight excluding hydrogens is 302 g/mol. The summed E-state index contributed by atoms with van der Waals surface area (Å²) in [6.07, 6.45) is 2.84. The van der Waals surface area contributed by atoms with Gasteiger partial charge >= 0.3 is 0 Å². The van der Waals surface area contributed by atoms with E-state index in [1.165, 1.54) is 12.1 Å². The number of methoxy groups -OCH3 is 1. The fourth-order valence-electron chi connectivity index (χ4n) is 3.37. The molecule has 1 aliphatic heterocycles. The SMILES string of the molecule is COC1CCC1CC(=O)N1CCN(c2cc(F)cc(F)c2)CC1. The number of halogens is 2. The Balaban J connectivity index is 1.52. The standard InChI is InChI=1S/C17H22F2N2O2/c1-23-16-3-2-12(16)8-17(22)21-6-4-20(5-7-21)15-10-13(18)9-14(19)11-15/h9-12,16H,2-8H2,1H3. The van der Waals surface area contributed by atoms with Crippen LogP contribution in [-0.4, -0.2) is 50.2 Å². The van der Waals surface area contributed by atoms with E-state index in [4.69, 9.17) is 4.74 Å². The lowest BCUT2D eigenvalue weighted by Crippen LogP contribution is -2.50. The zero-order valence-electron chi connectivity index (χ0n) is 13.3. The number of carbonyl (C=O) groups is 1. The number of hydrogen-bond acceptors (Lipinski definition) is 3. The van der Waals surface area contributed by atoms with E-state index in [-0.39, 0.29) is 12.0 Å². The molecule has 0 aromatic heterocycles. The summed E-state index contributed by atoms with van der Waals surface area (Å²) in [6.45, 7) is 2.35. The van der Waals surface area contributed by atoms with Crippen molar-refractivity contribution >= 4 is 11.6 Å². The van der Waals surface area contributed by atoms with E-state index in [0.717, 1.165) is 18.9 Å². The number of hydrogen-bond donors (Lipinski definition) is 0. The van der Waals surface area contributed by atoms with Crippen LogP contribution in [0.5, 0.6) is 0 Å². The molecule has 4 nitrogen and oxygen atoms in total. The quantitative estimate of drug-likeness (QED) is 0.853. The van der Waals surface area contributed by atoms with E-state index in [0.29, 0.717) is 44.2 Å². The molecular formula is C17H22F2N2O2. The topological polar surface area (TPSA) is 32.8 Å². The summed E-state index contributed by atoms with van der Waals surface area (Å²) in [7, 11) is 1.69. The monoisotopic (exact) mass is 324 g/mol. The third-order valence-corrected chi connectivity index (χ3v) is 4.93. The van der Waals surface area contributed by atoms with Gasteiger partial charge in [0.1, 0.15) is 11.6 Å². The van der Waals surface area contributed by atoms with Gasteiger partial charge in [0.15, 0.2) is 0 Å². The first-order chi connectivity index (χ1) is 11.1. The number of nitrogens with zero attached hydrogens (tertiary/aromatic N) is 2. The van der Waals surface area contributed by atoms with Gasteiger partial charge in [-0.05, 0) is 30.9 Å². The second-order valence-corrected chi connectivity index (χ2v) is 6.31. The van der Waals surface area contributed by atoms with Crippen LogP contribution in [0.4, 0.5) is 14.5 Å². The van der Waals surface area contributed by atoms with Gasteiger partial charge in [0.25, 0.3) is 0 Å². The smallest absolute Gasteiger partial charge is 0.223 e. The number of anilines is 1. The summed E-state index contributed by atoms with van der Waals surface area (Å²) in [6, 6.07) is 3.53. The molecule has 1 aliphatic carbocycles. The Morgan fingerprint density at radius 1 is 1.13 bits per heavy atom. The molecule has 1 saturated carbocycles. The van der Waals surface area contributed by atoms with Crippen LogP contribution in [0, 0.1) is 17.6 Å². The Bertz CT molecular complexity index is 551. The molecule has 6 heteroatoms. The largest absolute Gasteiger partial charge is 0.381 e. The molecule has 0 N–H and O–H groups in total. The predicted octanol–water partition coefficient (Wildman–Crippen LogP) is 2.43. The minimum absolute atomic E-state index is 0.154. The minimum Gasteiger partial charge on any atom is -0.381 e. The van der Waals surface area contributed by atoms with Gasteiger partial charge in [0.2, 0.25) is 5.91 Å². The zero-order chi connectivity index (χ0) is 16.4. The first-order valence-electron chi connectivity index (χ1n) is 8.08. The van der Waals surface area contributed by atoms with Gasteiger partial charge in [-0.3, -0.25) is 4.79 Å². The number of rotatable bonds is 4. The Hall–Kier alpha value is -1.69. The van der Waals surface area contributed by atoms with Crippen LogP contribution in [0.25, 0.3) is 0 Å². The zero-order valence-corrected chi connectivity index (χ0v) is 13.3. The van der Waals surface area contributed by atoms with Gasteiger partial charge in [0.05, 0.1) is 6.10 Å². The van der Waals surface area contributed by atoms with Gasteiger partial charge in [0, 0.05) is 51.5 Å². The Labute approximate surface area is 135 Å². The average molecular weight is 324 g/mol. The third kappa shape index (κ3) is 3.63. The molecule has 2 atom stereocenters. The molecule has 0 bridgehead atoms. The van der Waals surface area contributed by atoms with Crippen molar-refractivity contribution in [3.05, 3.63) is 29.8 Å². The molecule has 0 radical (unpaired) electrons. The van der Waals surface area contributed by atoms with E-state index in [1.54, 1.807) is 7.11 Å². The van der Waals surface area contributed by atoms with E-state index < -0.39 is 11.6 Å². The molecule has 126 valence electrons. The highest BCUT2D eigenvalue weighted by molar-refractivity contribution is 5.77. The number of carbonyl (C=O) groups excluding carboxylic acids is 1. The van der Waals surface area contributed by atoms with Crippen molar-refractivity contribution in [2.45, 2.75) is 25.4 Å². The molecule has 0 spiro atoms. The molecule has 1 aromatic rings. The van der Waals surface area contributed by atoms with Crippen molar-refractivity contribution in [2.75, 3.05) is 38.2 Å². The maximum absolute atomic E-state index is 13.3. The number of benzene rings is 1. The minimum atomic E-state index is -0.575. The summed E-state index contributed by atoms with van der Waals surface area (Å²) in [4.78, 5) is 16.1. The van der Waals surface area contributed by atoms with E-state index in [1.807, 2.05) is 9.80 Å². The lowest BCUT2D eigenvalue weighted by Gasteiger charge is -2.39. The molecule has 1 heterocycles. The van der Waals surface area contributed by atoms with E-state index in [2.05, 4.69) is 0 Å². The van der Waals surface area contributed by atoms with Gasteiger partial charge < -0.3 is 14.5 Å². The van der Waals surface area contributed by atoms with Crippen LogP contribution >= 0.6 is 0 Å². The van der Waals surface area contributed by atoms with Crippen LogP contribution in [0.1, 0.15) is 19.3 Å². The van der Waals surface area contributed by atoms with Gasteiger partial charge in [-0.2, -0.15) is 0 Å². The number of amides is 1. The number of ether oxygens (including phenoxy) is 1. The van der Waals surface area contributed by atoms with E-state index in [9.17, 15) is 13.6 Å². The maximum atomic E-state index is 13.3. The van der Waals surface area contributed by atoms with Crippen LogP contribution in [0.15, 0.2) is 18.2 Å². The Kier molecular flexibility index (Phi) is 4.80. The summed E-state index contributed by atoms with van der Waals surface area (Å²) >= 11 is 0. The highest BCUT2D eigenvalue weighted by atomic mass is 19.1. The highest BCUT2D eigenvalue weighted by Gasteiger charge is 2.34. The normalized spacial score (nSPS) is 24.5. The van der Waals surface area contributed by atoms with Crippen molar-refractivity contribution in [1.82, 2.24) is 4.90 Å². The molecule has 3 rings (SSSR count). The van der Waals surface area contributed by atoms with Crippen molar-refractivity contribution in [3.8, 4) is 0 Å². The van der Waals surface area contributed by atoms with Gasteiger partial charge in [-0.25, -0.2) is 8.78 Å². The Morgan fingerprint density at radius 2 is 1.78 bits per heavy atom. The van der Waals surface area contributed by atoms with Gasteiger partial charge in [-0.1, -0.05) is 0 Å². The molecule has 2 aliphatic rings. The average Bonchev–Trinajstić information content (AvgIpc) is 2.51. The molecule has 2 unspecified atom stereocenters. The van der Waals surface area contributed by atoms with Crippen LogP contribution < -0.4 is 4.90 Å². The number of piperazine rings is 1. The summed E-state index contributed by atoms with van der Waals surface area (Å²) in [5.74, 6) is -0.659. The molecule has 23 heavy (non-hydrogen) atoms. The summed E-state index contributed by atoms with van der Waals surface area (Å²) in [5.41, 5.74) is 0.535. The second-order valence-electron chi connectivity index (χ2n) is 6.31. The lowest BCUT2D eigenvalue weighted by atomic mass is 9.79. The van der Waals surface area contributed by atoms with E-state index >= 15 is 0 Å². The second kappa shape index (κ2) is 6.83. The molecule has 1 amide bonds. The fourth-order valence-corrected chi connectivity index (χ4v) is 3.37. The lowest BCUT2D eigenvalue weighted by molar-refractivity contribution is -0.135. The van der Waals surface area contributed by atoms with Crippen LogP contribution in [0.2, 0.25) is 0 Å². The van der Waals surface area contributed by atoms with Crippen molar-refractivity contribution in [3.63, 3.8) is 0 Å². The fraction of sp³-hybridized carbons (Fsp3) is 0.588. The third-order valence-electron chi connectivity index (χ3n) is 4.93. The van der Waals surface area contributed by atoms with Crippen LogP contribution in [0.3, 0.4) is 0 Å². The highest BCUT2D eigenvalue weighted by Crippen LogP contribution is 2.33. The maximum Gasteiger partial charge on any atom is 0.223 e. The van der Waals surface area contributed by atoms with Crippen molar-refractivity contribution in [2.24, 2.45) is 5.92 Å².